The SMILES string of the molecule is [CH2]C(CCc1ccccc1)Oc1ccccc1. The molecule has 2 aromatic rings. The molecule has 17 heavy (non-hydrogen) atoms. The number of hydrogen-bond acceptors (Lipinski definition) is 1. The molecule has 87 valence electrons. The zero-order valence-corrected chi connectivity index (χ0v) is 9.88. The molecule has 0 saturated carbocycles. The van der Waals surface area contributed by atoms with E-state index in [1.807, 2.05) is 36.4 Å². The Labute approximate surface area is 103 Å². The van der Waals surface area contributed by atoms with Crippen LogP contribution in [0.4, 0.5) is 0 Å². The summed E-state index contributed by atoms with van der Waals surface area (Å²) < 4.78 is 5.72. The van der Waals surface area contributed by atoms with E-state index in [9.17, 15) is 0 Å². The average Bonchev–Trinajstić information content (AvgIpc) is 2.39. The van der Waals surface area contributed by atoms with Gasteiger partial charge >= 0.3 is 0 Å². The molecule has 1 radical (unpaired) electrons. The number of hydrogen-bond donors (Lipinski definition) is 0. The standard InChI is InChI=1S/C16H17O/c1-14(17-16-10-6-3-7-11-16)12-13-15-8-4-2-5-9-15/h2-11,14H,1,12-13H2. The van der Waals surface area contributed by atoms with Crippen molar-refractivity contribution in [3.05, 3.63) is 73.2 Å². The van der Waals surface area contributed by atoms with Crippen molar-refractivity contribution in [1.82, 2.24) is 0 Å². The minimum atomic E-state index is -0.00222. The largest absolute Gasteiger partial charge is 0.490 e. The summed E-state index contributed by atoms with van der Waals surface area (Å²) in [6, 6.07) is 20.3. The van der Waals surface area contributed by atoms with Crippen LogP contribution in [-0.2, 0) is 6.42 Å². The zero-order valence-electron chi connectivity index (χ0n) is 9.88. The van der Waals surface area contributed by atoms with Crippen LogP contribution in [0.1, 0.15) is 12.0 Å². The fraction of sp³-hybridized carbons (Fsp3) is 0.188. The van der Waals surface area contributed by atoms with Crippen molar-refractivity contribution < 1.29 is 4.74 Å². The topological polar surface area (TPSA) is 9.23 Å². The van der Waals surface area contributed by atoms with Crippen LogP contribution in [0, 0.1) is 6.92 Å². The Morgan fingerprint density at radius 3 is 2.12 bits per heavy atom. The molecule has 1 nitrogen and oxygen atoms in total. The molecule has 0 aromatic heterocycles. The van der Waals surface area contributed by atoms with E-state index in [2.05, 4.69) is 31.2 Å². The van der Waals surface area contributed by atoms with Crippen LogP contribution in [0.3, 0.4) is 0 Å². The maximum Gasteiger partial charge on any atom is 0.119 e. The van der Waals surface area contributed by atoms with Gasteiger partial charge in [-0.3, -0.25) is 0 Å². The summed E-state index contributed by atoms with van der Waals surface area (Å²) in [4.78, 5) is 0. The van der Waals surface area contributed by atoms with Crippen LogP contribution in [0.25, 0.3) is 0 Å². The van der Waals surface area contributed by atoms with E-state index in [0.29, 0.717) is 0 Å². The van der Waals surface area contributed by atoms with Gasteiger partial charge < -0.3 is 4.74 Å². The van der Waals surface area contributed by atoms with Gasteiger partial charge in [-0.1, -0.05) is 48.5 Å². The Morgan fingerprint density at radius 2 is 1.47 bits per heavy atom. The van der Waals surface area contributed by atoms with Crippen molar-refractivity contribution >= 4 is 0 Å². The molecular weight excluding hydrogens is 208 g/mol. The van der Waals surface area contributed by atoms with Gasteiger partial charge in [0.1, 0.15) is 5.75 Å². The lowest BCUT2D eigenvalue weighted by Crippen LogP contribution is -2.13. The molecule has 0 spiro atoms. The lowest BCUT2D eigenvalue weighted by Gasteiger charge is -2.14. The van der Waals surface area contributed by atoms with Crippen molar-refractivity contribution in [2.75, 3.05) is 0 Å². The second kappa shape index (κ2) is 6.09. The molecule has 2 aromatic carbocycles. The number of rotatable bonds is 5. The Bertz CT molecular complexity index is 422. The maximum atomic E-state index is 5.72. The first-order chi connectivity index (χ1) is 8.34. The Hall–Kier alpha value is -1.76. The molecular formula is C16H17O. The van der Waals surface area contributed by atoms with Gasteiger partial charge in [-0.25, -0.2) is 0 Å². The highest BCUT2D eigenvalue weighted by molar-refractivity contribution is 5.21. The minimum Gasteiger partial charge on any atom is -0.490 e. The fourth-order valence-electron chi connectivity index (χ4n) is 1.72. The third kappa shape index (κ3) is 3.95. The number of ether oxygens (including phenoxy) is 1. The molecule has 1 unspecified atom stereocenters. The summed E-state index contributed by atoms with van der Waals surface area (Å²) in [5.74, 6) is 0.889. The van der Waals surface area contributed by atoms with Crippen molar-refractivity contribution in [2.45, 2.75) is 18.9 Å². The van der Waals surface area contributed by atoms with E-state index in [1.165, 1.54) is 5.56 Å². The van der Waals surface area contributed by atoms with Gasteiger partial charge in [-0.05, 0) is 37.5 Å². The van der Waals surface area contributed by atoms with Gasteiger partial charge in [0, 0.05) is 0 Å². The highest BCUT2D eigenvalue weighted by Gasteiger charge is 2.04. The number of benzene rings is 2. The van der Waals surface area contributed by atoms with E-state index in [0.717, 1.165) is 18.6 Å². The third-order valence-corrected chi connectivity index (χ3v) is 2.64. The monoisotopic (exact) mass is 225 g/mol. The van der Waals surface area contributed by atoms with Crippen LogP contribution in [0.15, 0.2) is 60.7 Å². The summed E-state index contributed by atoms with van der Waals surface area (Å²) in [5, 5.41) is 0. The van der Waals surface area contributed by atoms with E-state index in [4.69, 9.17) is 4.74 Å². The molecule has 0 aliphatic carbocycles. The molecule has 0 aliphatic rings. The van der Waals surface area contributed by atoms with Gasteiger partial charge in [0.15, 0.2) is 0 Å². The molecule has 0 aliphatic heterocycles. The molecule has 0 N–H and O–H groups in total. The Morgan fingerprint density at radius 1 is 0.882 bits per heavy atom. The van der Waals surface area contributed by atoms with E-state index >= 15 is 0 Å². The maximum absolute atomic E-state index is 5.72. The first-order valence-electron chi connectivity index (χ1n) is 5.93. The molecule has 2 rings (SSSR count). The van der Waals surface area contributed by atoms with Crippen molar-refractivity contribution in [2.24, 2.45) is 0 Å². The lowest BCUT2D eigenvalue weighted by molar-refractivity contribution is 0.236. The predicted molar refractivity (Wildman–Crippen MR) is 71.0 cm³/mol. The Kier molecular flexibility index (Phi) is 4.20. The smallest absolute Gasteiger partial charge is 0.119 e. The lowest BCUT2D eigenvalue weighted by atomic mass is 10.1. The van der Waals surface area contributed by atoms with E-state index < -0.39 is 0 Å². The van der Waals surface area contributed by atoms with Gasteiger partial charge in [0.25, 0.3) is 0 Å². The second-order valence-electron chi connectivity index (χ2n) is 4.08. The first-order valence-corrected chi connectivity index (χ1v) is 5.93. The zero-order chi connectivity index (χ0) is 11.9. The summed E-state index contributed by atoms with van der Waals surface area (Å²) in [7, 11) is 0. The number of para-hydroxylation sites is 1. The molecule has 1 atom stereocenters. The van der Waals surface area contributed by atoms with Crippen LogP contribution in [0.5, 0.6) is 5.75 Å². The van der Waals surface area contributed by atoms with E-state index in [-0.39, 0.29) is 6.10 Å². The molecule has 0 fully saturated rings. The minimum absolute atomic E-state index is 0.00222. The highest BCUT2D eigenvalue weighted by atomic mass is 16.5. The normalized spacial score (nSPS) is 12.1. The Balaban J connectivity index is 1.80. The number of aryl methyl sites for hydroxylation is 1. The summed E-state index contributed by atoms with van der Waals surface area (Å²) in [5.41, 5.74) is 1.33. The summed E-state index contributed by atoms with van der Waals surface area (Å²) in [6.45, 7) is 4.03. The van der Waals surface area contributed by atoms with Crippen LogP contribution >= 0.6 is 0 Å². The van der Waals surface area contributed by atoms with Crippen molar-refractivity contribution in [3.63, 3.8) is 0 Å². The van der Waals surface area contributed by atoms with Crippen molar-refractivity contribution in [3.8, 4) is 5.75 Å². The molecule has 0 amide bonds. The predicted octanol–water partition coefficient (Wildman–Crippen LogP) is 3.90. The highest BCUT2D eigenvalue weighted by Crippen LogP contribution is 2.13. The van der Waals surface area contributed by atoms with Crippen LogP contribution in [-0.4, -0.2) is 6.10 Å². The molecule has 0 heterocycles. The van der Waals surface area contributed by atoms with Crippen molar-refractivity contribution in [1.29, 1.82) is 0 Å². The summed E-state index contributed by atoms with van der Waals surface area (Å²) >= 11 is 0. The summed E-state index contributed by atoms with van der Waals surface area (Å²) in [6.07, 6.45) is 1.93. The van der Waals surface area contributed by atoms with Gasteiger partial charge in [-0.2, -0.15) is 0 Å². The van der Waals surface area contributed by atoms with E-state index in [1.54, 1.807) is 0 Å². The molecule has 0 bridgehead atoms. The fourth-order valence-corrected chi connectivity index (χ4v) is 1.72. The molecule has 0 saturated heterocycles. The van der Waals surface area contributed by atoms with Gasteiger partial charge in [-0.15, -0.1) is 0 Å². The average molecular weight is 225 g/mol. The molecule has 1 heteroatoms. The van der Waals surface area contributed by atoms with Gasteiger partial charge in [0.05, 0.1) is 6.10 Å². The van der Waals surface area contributed by atoms with Gasteiger partial charge in [0.2, 0.25) is 0 Å². The first kappa shape index (κ1) is 11.7. The van der Waals surface area contributed by atoms with Crippen LogP contribution in [0.2, 0.25) is 0 Å². The third-order valence-electron chi connectivity index (χ3n) is 2.64. The van der Waals surface area contributed by atoms with Crippen LogP contribution < -0.4 is 4.74 Å². The quantitative estimate of drug-likeness (QED) is 0.750. The second-order valence-corrected chi connectivity index (χ2v) is 4.08.